The third kappa shape index (κ3) is 4.20. The number of rotatable bonds is 4. The highest BCUT2D eigenvalue weighted by atomic mass is 32.2. The molecule has 29 heavy (non-hydrogen) atoms. The van der Waals surface area contributed by atoms with Gasteiger partial charge in [-0.15, -0.1) is 11.8 Å². The van der Waals surface area contributed by atoms with Crippen LogP contribution in [0.5, 0.6) is 0 Å². The molecule has 4 rings (SSSR count). The highest BCUT2D eigenvalue weighted by Crippen LogP contribution is 2.42. The van der Waals surface area contributed by atoms with Crippen molar-refractivity contribution >= 4 is 35.0 Å². The third-order valence-corrected chi connectivity index (χ3v) is 7.03. The van der Waals surface area contributed by atoms with Gasteiger partial charge in [0.1, 0.15) is 5.37 Å². The zero-order valence-corrected chi connectivity index (χ0v) is 18.1. The maximum absolute atomic E-state index is 12.6. The number of thioether (sulfide) groups is 1. The average Bonchev–Trinajstić information content (AvgIpc) is 3.02. The Morgan fingerprint density at radius 1 is 1.03 bits per heavy atom. The number of benzene rings is 2. The van der Waals surface area contributed by atoms with E-state index >= 15 is 0 Å². The van der Waals surface area contributed by atoms with Gasteiger partial charge in [0.25, 0.3) is 0 Å². The van der Waals surface area contributed by atoms with Gasteiger partial charge in [0.05, 0.1) is 5.75 Å². The van der Waals surface area contributed by atoms with Gasteiger partial charge in [-0.05, 0) is 53.6 Å². The van der Waals surface area contributed by atoms with Gasteiger partial charge in [-0.1, -0.05) is 51.5 Å². The largest absolute Gasteiger partial charge is 0.326 e. The molecule has 0 bridgehead atoms. The van der Waals surface area contributed by atoms with E-state index < -0.39 is 0 Å². The van der Waals surface area contributed by atoms with Crippen LogP contribution in [0.1, 0.15) is 56.5 Å². The average molecular weight is 409 g/mol. The summed E-state index contributed by atoms with van der Waals surface area (Å²) < 4.78 is 0. The van der Waals surface area contributed by atoms with Crippen molar-refractivity contribution in [2.75, 3.05) is 16.0 Å². The van der Waals surface area contributed by atoms with E-state index in [1.807, 2.05) is 41.3 Å². The lowest BCUT2D eigenvalue weighted by Crippen LogP contribution is -2.28. The number of hydrogen-bond acceptors (Lipinski definition) is 3. The zero-order valence-electron chi connectivity index (χ0n) is 17.3. The Morgan fingerprint density at radius 2 is 1.69 bits per heavy atom. The van der Waals surface area contributed by atoms with Crippen LogP contribution in [0, 0.1) is 5.92 Å². The van der Waals surface area contributed by atoms with Crippen molar-refractivity contribution in [3.63, 3.8) is 0 Å². The quantitative estimate of drug-likeness (QED) is 0.726. The molecule has 1 unspecified atom stereocenters. The lowest BCUT2D eigenvalue weighted by atomic mass is 9.85. The second-order valence-corrected chi connectivity index (χ2v) is 10.0. The monoisotopic (exact) mass is 408 g/mol. The van der Waals surface area contributed by atoms with Crippen molar-refractivity contribution in [1.29, 1.82) is 0 Å². The number of carbonyl (C=O) groups excluding carboxylic acids is 2. The second kappa shape index (κ2) is 7.86. The van der Waals surface area contributed by atoms with E-state index in [0.717, 1.165) is 36.2 Å². The highest BCUT2D eigenvalue weighted by Gasteiger charge is 2.34. The summed E-state index contributed by atoms with van der Waals surface area (Å²) in [6.45, 7) is 6.56. The molecule has 5 heteroatoms. The SMILES string of the molecule is CC(C)(C)c1ccc(N2C(=O)CSC2c2ccc(NC(=O)C3CCC3)cc2)cc1. The molecule has 0 radical (unpaired) electrons. The van der Waals surface area contributed by atoms with Crippen LogP contribution in [-0.2, 0) is 15.0 Å². The number of hydrogen-bond donors (Lipinski definition) is 1. The van der Waals surface area contributed by atoms with Gasteiger partial charge in [0, 0.05) is 17.3 Å². The fraction of sp³-hybridized carbons (Fsp3) is 0.417. The summed E-state index contributed by atoms with van der Waals surface area (Å²) in [5, 5.41) is 2.97. The van der Waals surface area contributed by atoms with Crippen molar-refractivity contribution in [3.8, 4) is 0 Å². The first-order valence-electron chi connectivity index (χ1n) is 10.3. The van der Waals surface area contributed by atoms with Crippen LogP contribution in [0.3, 0.4) is 0 Å². The molecule has 1 saturated carbocycles. The second-order valence-electron chi connectivity index (χ2n) is 8.96. The van der Waals surface area contributed by atoms with Crippen molar-refractivity contribution < 1.29 is 9.59 Å². The van der Waals surface area contributed by atoms with Gasteiger partial charge < -0.3 is 5.32 Å². The molecule has 1 atom stereocenters. The Hall–Kier alpha value is -2.27. The summed E-state index contributed by atoms with van der Waals surface area (Å²) in [4.78, 5) is 26.6. The van der Waals surface area contributed by atoms with Crippen molar-refractivity contribution in [1.82, 2.24) is 0 Å². The topological polar surface area (TPSA) is 49.4 Å². The first kappa shape index (κ1) is 20.0. The molecule has 1 N–H and O–H groups in total. The third-order valence-electron chi connectivity index (χ3n) is 5.82. The van der Waals surface area contributed by atoms with Crippen LogP contribution in [0.4, 0.5) is 11.4 Å². The summed E-state index contributed by atoms with van der Waals surface area (Å²) in [7, 11) is 0. The molecule has 4 nitrogen and oxygen atoms in total. The molecule has 1 aliphatic carbocycles. The Morgan fingerprint density at radius 3 is 2.24 bits per heavy atom. The predicted molar refractivity (Wildman–Crippen MR) is 120 cm³/mol. The minimum absolute atomic E-state index is 0.0422. The summed E-state index contributed by atoms with van der Waals surface area (Å²) in [6, 6.07) is 16.2. The molecular formula is C24H28N2O2S. The van der Waals surface area contributed by atoms with E-state index in [9.17, 15) is 9.59 Å². The highest BCUT2D eigenvalue weighted by molar-refractivity contribution is 8.00. The fourth-order valence-corrected chi connectivity index (χ4v) is 4.90. The maximum Gasteiger partial charge on any atom is 0.238 e. The molecule has 2 aliphatic rings. The van der Waals surface area contributed by atoms with Crippen LogP contribution >= 0.6 is 11.8 Å². The van der Waals surface area contributed by atoms with E-state index in [2.05, 4.69) is 38.2 Å². The standard InChI is InChI=1S/C24H28N2O2S/c1-24(2,3)18-9-13-20(14-10-18)26-21(27)15-29-23(26)17-7-11-19(12-8-17)25-22(28)16-5-4-6-16/h7-14,16,23H,4-6,15H2,1-3H3,(H,25,28). The molecule has 1 aliphatic heterocycles. The Labute approximate surface area is 177 Å². The summed E-state index contributed by atoms with van der Waals surface area (Å²) in [5.41, 5.74) is 4.16. The van der Waals surface area contributed by atoms with Crippen LogP contribution < -0.4 is 10.2 Å². The molecule has 0 spiro atoms. The normalized spacial score (nSPS) is 19.9. The molecule has 0 aromatic heterocycles. The lowest BCUT2D eigenvalue weighted by Gasteiger charge is -2.26. The lowest BCUT2D eigenvalue weighted by molar-refractivity contribution is -0.122. The van der Waals surface area contributed by atoms with Crippen LogP contribution in [-0.4, -0.2) is 17.6 Å². The molecule has 1 saturated heterocycles. The Bertz CT molecular complexity index is 896. The molecule has 2 fully saturated rings. The van der Waals surface area contributed by atoms with Gasteiger partial charge in [-0.3, -0.25) is 14.5 Å². The van der Waals surface area contributed by atoms with Crippen molar-refractivity contribution in [2.24, 2.45) is 5.92 Å². The maximum atomic E-state index is 12.6. The molecule has 152 valence electrons. The summed E-state index contributed by atoms with van der Waals surface area (Å²) >= 11 is 1.64. The summed E-state index contributed by atoms with van der Waals surface area (Å²) in [5.74, 6) is 0.899. The first-order chi connectivity index (χ1) is 13.8. The van der Waals surface area contributed by atoms with Crippen molar-refractivity contribution in [2.45, 2.75) is 50.8 Å². The predicted octanol–water partition coefficient (Wildman–Crippen LogP) is 5.50. The number of nitrogens with zero attached hydrogens (tertiary/aromatic N) is 1. The molecule has 2 amide bonds. The zero-order chi connectivity index (χ0) is 20.6. The molecular weight excluding hydrogens is 380 g/mol. The molecule has 2 aromatic carbocycles. The van der Waals surface area contributed by atoms with Crippen LogP contribution in [0.15, 0.2) is 48.5 Å². The fourth-order valence-electron chi connectivity index (χ4n) is 3.72. The number of anilines is 2. The van der Waals surface area contributed by atoms with E-state index in [1.54, 1.807) is 11.8 Å². The van der Waals surface area contributed by atoms with E-state index in [0.29, 0.717) is 5.75 Å². The minimum atomic E-state index is -0.0422. The molecule has 2 aromatic rings. The number of carbonyl (C=O) groups is 2. The van der Waals surface area contributed by atoms with Gasteiger partial charge in [-0.25, -0.2) is 0 Å². The van der Waals surface area contributed by atoms with Crippen molar-refractivity contribution in [3.05, 3.63) is 59.7 Å². The number of amides is 2. The molecule has 1 heterocycles. The Balaban J connectivity index is 1.51. The van der Waals surface area contributed by atoms with Gasteiger partial charge in [-0.2, -0.15) is 0 Å². The first-order valence-corrected chi connectivity index (χ1v) is 11.3. The summed E-state index contributed by atoms with van der Waals surface area (Å²) in [6.07, 6.45) is 3.14. The van der Waals surface area contributed by atoms with E-state index in [4.69, 9.17) is 0 Å². The van der Waals surface area contributed by atoms with Gasteiger partial charge in [0.2, 0.25) is 11.8 Å². The minimum Gasteiger partial charge on any atom is -0.326 e. The number of nitrogens with one attached hydrogen (secondary N) is 1. The smallest absolute Gasteiger partial charge is 0.238 e. The Kier molecular flexibility index (Phi) is 5.43. The van der Waals surface area contributed by atoms with Crippen LogP contribution in [0.2, 0.25) is 0 Å². The van der Waals surface area contributed by atoms with Gasteiger partial charge >= 0.3 is 0 Å². The van der Waals surface area contributed by atoms with E-state index in [-0.39, 0.29) is 28.5 Å². The van der Waals surface area contributed by atoms with Gasteiger partial charge in [0.15, 0.2) is 0 Å². The van der Waals surface area contributed by atoms with Crippen LogP contribution in [0.25, 0.3) is 0 Å². The van der Waals surface area contributed by atoms with E-state index in [1.165, 1.54) is 5.56 Å².